The van der Waals surface area contributed by atoms with E-state index in [9.17, 15) is 0 Å². The maximum Gasteiger partial charge on any atom is 0.157 e. The largest absolute Gasteiger partial charge is 0.362 e. The molecule has 0 radical (unpaired) electrons. The maximum atomic E-state index is 4.71. The first kappa shape index (κ1) is 13.0. The number of amidine groups is 1. The average Bonchev–Trinajstić information content (AvgIpc) is 2.84. The Bertz CT molecular complexity index is 385. The summed E-state index contributed by atoms with van der Waals surface area (Å²) in [6.45, 7) is 5.28. The molecule has 4 heteroatoms. The first-order valence-corrected chi connectivity index (χ1v) is 8.19. The van der Waals surface area contributed by atoms with E-state index in [1.54, 1.807) is 0 Å². The Morgan fingerprint density at radius 2 is 2.35 bits per heavy atom. The minimum Gasteiger partial charge on any atom is -0.362 e. The molecule has 1 aliphatic heterocycles. The summed E-state index contributed by atoms with van der Waals surface area (Å²) in [5, 5.41) is 6.83. The van der Waals surface area contributed by atoms with Crippen LogP contribution in [-0.4, -0.2) is 17.0 Å². The molecule has 1 atom stereocenters. The molecule has 1 fully saturated rings. The molecule has 1 aromatic rings. The highest BCUT2D eigenvalue weighted by Gasteiger charge is 2.15. The number of hydrogen-bond donors (Lipinski definition) is 1. The van der Waals surface area contributed by atoms with Crippen molar-refractivity contribution in [1.29, 1.82) is 0 Å². The molecule has 0 bridgehead atoms. The van der Waals surface area contributed by atoms with Gasteiger partial charge in [-0.1, -0.05) is 25.6 Å². The summed E-state index contributed by atoms with van der Waals surface area (Å²) in [7, 11) is 0. The third-order valence-electron chi connectivity index (χ3n) is 3.11. The van der Waals surface area contributed by atoms with Crippen LogP contribution >= 0.6 is 23.1 Å². The Kier molecular flexibility index (Phi) is 4.92. The fourth-order valence-electron chi connectivity index (χ4n) is 1.95. The first-order chi connectivity index (χ1) is 8.33. The van der Waals surface area contributed by atoms with Gasteiger partial charge < -0.3 is 5.32 Å². The molecule has 0 spiro atoms. The Hall–Kier alpha value is -0.480. The van der Waals surface area contributed by atoms with Crippen molar-refractivity contribution in [3.05, 3.63) is 21.9 Å². The molecule has 1 aliphatic rings. The molecule has 0 aromatic carbocycles. The summed E-state index contributed by atoms with van der Waals surface area (Å²) in [5.41, 5.74) is 1.45. The van der Waals surface area contributed by atoms with Gasteiger partial charge in [-0.05, 0) is 36.3 Å². The topological polar surface area (TPSA) is 24.4 Å². The predicted molar refractivity (Wildman–Crippen MR) is 79.1 cm³/mol. The zero-order valence-corrected chi connectivity index (χ0v) is 12.2. The predicted octanol–water partition coefficient (Wildman–Crippen LogP) is 3.67. The van der Waals surface area contributed by atoms with E-state index in [0.717, 1.165) is 18.1 Å². The molecule has 2 nitrogen and oxygen atoms in total. The lowest BCUT2D eigenvalue weighted by molar-refractivity contribution is 0.570. The summed E-state index contributed by atoms with van der Waals surface area (Å²) in [6.07, 6.45) is 3.57. The van der Waals surface area contributed by atoms with Gasteiger partial charge in [0, 0.05) is 16.7 Å². The van der Waals surface area contributed by atoms with Crippen molar-refractivity contribution in [3.8, 4) is 0 Å². The van der Waals surface area contributed by atoms with Crippen LogP contribution in [0.25, 0.3) is 0 Å². The number of aliphatic imine (C=N–C) groups is 1. The molecular weight excluding hydrogens is 248 g/mol. The van der Waals surface area contributed by atoms with Gasteiger partial charge in [-0.25, -0.2) is 0 Å². The van der Waals surface area contributed by atoms with Crippen LogP contribution in [0.3, 0.4) is 0 Å². The molecular formula is C13H20N2S2. The van der Waals surface area contributed by atoms with E-state index < -0.39 is 0 Å². The van der Waals surface area contributed by atoms with Crippen LogP contribution in [-0.2, 0) is 13.0 Å². The van der Waals surface area contributed by atoms with Crippen molar-refractivity contribution in [2.45, 2.75) is 45.7 Å². The second kappa shape index (κ2) is 6.45. The molecule has 1 unspecified atom stereocenters. The maximum absolute atomic E-state index is 4.71. The van der Waals surface area contributed by atoms with Crippen LogP contribution in [0.1, 0.15) is 37.1 Å². The van der Waals surface area contributed by atoms with Crippen molar-refractivity contribution in [1.82, 2.24) is 5.32 Å². The fraction of sp³-hybridized carbons (Fsp3) is 0.615. The standard InChI is InChI=1S/C13H20N2S2/c1-3-10-5-7-16-12(10)9-14-13-15-11(4-2)6-8-17-13/h5,7,11H,3-4,6,8-9H2,1-2H3,(H,14,15). The number of nitrogens with one attached hydrogen (secondary N) is 1. The van der Waals surface area contributed by atoms with Crippen molar-refractivity contribution >= 4 is 28.3 Å². The lowest BCUT2D eigenvalue weighted by atomic mass is 10.2. The third kappa shape index (κ3) is 3.49. The Labute approximate surface area is 112 Å². The molecule has 0 aliphatic carbocycles. The lowest BCUT2D eigenvalue weighted by Crippen LogP contribution is -2.37. The fourth-order valence-corrected chi connectivity index (χ4v) is 3.85. The number of nitrogens with zero attached hydrogens (tertiary/aromatic N) is 1. The summed E-state index contributed by atoms with van der Waals surface area (Å²) >= 11 is 3.69. The van der Waals surface area contributed by atoms with E-state index in [1.807, 2.05) is 23.1 Å². The van der Waals surface area contributed by atoms with Crippen molar-refractivity contribution < 1.29 is 0 Å². The van der Waals surface area contributed by atoms with Gasteiger partial charge in [0.25, 0.3) is 0 Å². The lowest BCUT2D eigenvalue weighted by Gasteiger charge is -2.24. The van der Waals surface area contributed by atoms with Crippen LogP contribution < -0.4 is 5.32 Å². The van der Waals surface area contributed by atoms with E-state index in [4.69, 9.17) is 4.99 Å². The summed E-state index contributed by atoms with van der Waals surface area (Å²) in [5.74, 6) is 1.20. The van der Waals surface area contributed by atoms with Crippen molar-refractivity contribution in [3.63, 3.8) is 0 Å². The van der Waals surface area contributed by atoms with Crippen LogP contribution in [0.15, 0.2) is 16.4 Å². The van der Waals surface area contributed by atoms with Gasteiger partial charge in [0.05, 0.1) is 6.54 Å². The van der Waals surface area contributed by atoms with Gasteiger partial charge in [0.2, 0.25) is 0 Å². The van der Waals surface area contributed by atoms with E-state index in [2.05, 4.69) is 30.6 Å². The Morgan fingerprint density at radius 1 is 1.47 bits per heavy atom. The third-order valence-corrected chi connectivity index (χ3v) is 5.02. The zero-order chi connectivity index (χ0) is 12.1. The van der Waals surface area contributed by atoms with Gasteiger partial charge >= 0.3 is 0 Å². The number of aryl methyl sites for hydroxylation is 1. The Balaban J connectivity index is 1.95. The van der Waals surface area contributed by atoms with E-state index in [0.29, 0.717) is 6.04 Å². The van der Waals surface area contributed by atoms with Gasteiger partial charge in [0.15, 0.2) is 5.17 Å². The van der Waals surface area contributed by atoms with Crippen LogP contribution in [0.2, 0.25) is 0 Å². The summed E-state index contributed by atoms with van der Waals surface area (Å²) in [4.78, 5) is 6.13. The molecule has 17 heavy (non-hydrogen) atoms. The highest BCUT2D eigenvalue weighted by molar-refractivity contribution is 8.13. The molecule has 1 N–H and O–H groups in total. The first-order valence-electron chi connectivity index (χ1n) is 6.32. The second-order valence-corrected chi connectivity index (χ2v) is 6.31. The minimum absolute atomic E-state index is 0.629. The van der Waals surface area contributed by atoms with Crippen molar-refractivity contribution in [2.75, 3.05) is 5.75 Å². The van der Waals surface area contributed by atoms with Crippen molar-refractivity contribution in [2.24, 2.45) is 4.99 Å². The van der Waals surface area contributed by atoms with Crippen LogP contribution in [0.5, 0.6) is 0 Å². The highest BCUT2D eigenvalue weighted by atomic mass is 32.2. The highest BCUT2D eigenvalue weighted by Crippen LogP contribution is 2.20. The second-order valence-electron chi connectivity index (χ2n) is 4.23. The van der Waals surface area contributed by atoms with Gasteiger partial charge in [0.1, 0.15) is 0 Å². The molecule has 1 saturated heterocycles. The van der Waals surface area contributed by atoms with Crippen LogP contribution in [0.4, 0.5) is 0 Å². The molecule has 0 saturated carbocycles. The minimum atomic E-state index is 0.629. The van der Waals surface area contributed by atoms with Crippen LogP contribution in [0, 0.1) is 0 Å². The molecule has 1 aromatic heterocycles. The van der Waals surface area contributed by atoms with Gasteiger partial charge in [-0.3, -0.25) is 4.99 Å². The summed E-state index contributed by atoms with van der Waals surface area (Å²) < 4.78 is 0. The number of rotatable bonds is 4. The van der Waals surface area contributed by atoms with E-state index in [1.165, 1.54) is 29.0 Å². The zero-order valence-electron chi connectivity index (χ0n) is 10.5. The smallest absolute Gasteiger partial charge is 0.157 e. The SMILES string of the molecule is CCc1ccsc1CN=C1NC(CC)CCS1. The number of thioether (sulfide) groups is 1. The quantitative estimate of drug-likeness (QED) is 0.901. The number of hydrogen-bond acceptors (Lipinski definition) is 3. The molecule has 0 amide bonds. The number of thiophene rings is 1. The van der Waals surface area contributed by atoms with E-state index >= 15 is 0 Å². The normalized spacial score (nSPS) is 22.7. The molecule has 2 heterocycles. The molecule has 2 rings (SSSR count). The van der Waals surface area contributed by atoms with E-state index in [-0.39, 0.29) is 0 Å². The van der Waals surface area contributed by atoms with Gasteiger partial charge in [-0.2, -0.15) is 0 Å². The monoisotopic (exact) mass is 268 g/mol. The Morgan fingerprint density at radius 3 is 3.12 bits per heavy atom. The molecule has 94 valence electrons. The van der Waals surface area contributed by atoms with Gasteiger partial charge in [-0.15, -0.1) is 11.3 Å². The average molecular weight is 268 g/mol. The summed E-state index contributed by atoms with van der Waals surface area (Å²) in [6, 6.07) is 2.85.